The number of hydrogen-bond acceptors (Lipinski definition) is 5. The highest BCUT2D eigenvalue weighted by Crippen LogP contribution is 2.21. The maximum atomic E-state index is 12.3. The standard InChI is InChI=1S/C19H20N6O.ClH/c26-19(11-14-5-7-16(8-6-14)25-13-22-23-24-25)21-12-18-17-4-2-1-3-15(17)9-10-20-18;/h1-8,13,18,20H,9-12H2,(H,21,26);1H. The van der Waals surface area contributed by atoms with Crippen molar-refractivity contribution in [2.45, 2.75) is 18.9 Å². The van der Waals surface area contributed by atoms with Gasteiger partial charge in [-0.15, -0.1) is 17.5 Å². The Bertz CT molecular complexity index is 881. The highest BCUT2D eigenvalue weighted by Gasteiger charge is 2.19. The van der Waals surface area contributed by atoms with Crippen LogP contribution in [0.1, 0.15) is 22.7 Å². The topological polar surface area (TPSA) is 84.7 Å². The van der Waals surface area contributed by atoms with Crippen molar-refractivity contribution in [3.8, 4) is 5.69 Å². The summed E-state index contributed by atoms with van der Waals surface area (Å²) in [7, 11) is 0. The van der Waals surface area contributed by atoms with E-state index in [-0.39, 0.29) is 24.4 Å². The highest BCUT2D eigenvalue weighted by atomic mass is 35.5. The molecule has 0 saturated carbocycles. The summed E-state index contributed by atoms with van der Waals surface area (Å²) < 4.78 is 1.58. The minimum Gasteiger partial charge on any atom is -0.354 e. The Hall–Kier alpha value is -2.77. The quantitative estimate of drug-likeness (QED) is 0.698. The van der Waals surface area contributed by atoms with Crippen LogP contribution in [0.25, 0.3) is 5.69 Å². The molecule has 4 rings (SSSR count). The second-order valence-electron chi connectivity index (χ2n) is 6.36. The van der Waals surface area contributed by atoms with E-state index < -0.39 is 0 Å². The van der Waals surface area contributed by atoms with Crippen LogP contribution in [0.4, 0.5) is 0 Å². The average molecular weight is 385 g/mol. The summed E-state index contributed by atoms with van der Waals surface area (Å²) in [4.78, 5) is 12.3. The zero-order chi connectivity index (χ0) is 17.8. The number of nitrogens with one attached hydrogen (secondary N) is 2. The van der Waals surface area contributed by atoms with Gasteiger partial charge < -0.3 is 10.6 Å². The number of benzene rings is 2. The average Bonchev–Trinajstić information content (AvgIpc) is 3.22. The summed E-state index contributed by atoms with van der Waals surface area (Å²) >= 11 is 0. The smallest absolute Gasteiger partial charge is 0.224 e. The number of nitrogens with zero attached hydrogens (tertiary/aromatic N) is 4. The lowest BCUT2D eigenvalue weighted by Crippen LogP contribution is -2.39. The molecular formula is C19H21ClN6O. The Balaban J connectivity index is 0.00000210. The van der Waals surface area contributed by atoms with Crippen LogP contribution in [-0.4, -0.2) is 39.2 Å². The zero-order valence-corrected chi connectivity index (χ0v) is 15.5. The molecule has 0 spiro atoms. The minimum atomic E-state index is 0. The lowest BCUT2D eigenvalue weighted by atomic mass is 9.94. The molecule has 27 heavy (non-hydrogen) atoms. The van der Waals surface area contributed by atoms with Crippen molar-refractivity contribution in [2.24, 2.45) is 0 Å². The second-order valence-corrected chi connectivity index (χ2v) is 6.36. The van der Waals surface area contributed by atoms with E-state index in [1.165, 1.54) is 17.5 Å². The van der Waals surface area contributed by atoms with Gasteiger partial charge in [-0.05, 0) is 52.2 Å². The molecule has 140 valence electrons. The highest BCUT2D eigenvalue weighted by molar-refractivity contribution is 5.85. The van der Waals surface area contributed by atoms with E-state index in [0.717, 1.165) is 24.2 Å². The molecule has 7 nitrogen and oxygen atoms in total. The Labute approximate surface area is 163 Å². The van der Waals surface area contributed by atoms with Crippen LogP contribution in [0, 0.1) is 0 Å². The van der Waals surface area contributed by atoms with Gasteiger partial charge in [0.05, 0.1) is 12.1 Å². The number of rotatable bonds is 5. The Morgan fingerprint density at radius 3 is 2.78 bits per heavy atom. The van der Waals surface area contributed by atoms with Crippen LogP contribution in [0.5, 0.6) is 0 Å². The summed E-state index contributed by atoms with van der Waals surface area (Å²) in [5.41, 5.74) is 4.46. The fraction of sp³-hybridized carbons (Fsp3) is 0.263. The van der Waals surface area contributed by atoms with Crippen molar-refractivity contribution >= 4 is 18.3 Å². The van der Waals surface area contributed by atoms with E-state index >= 15 is 0 Å². The Morgan fingerprint density at radius 2 is 2.00 bits per heavy atom. The van der Waals surface area contributed by atoms with E-state index in [4.69, 9.17) is 0 Å². The lowest BCUT2D eigenvalue weighted by Gasteiger charge is -2.27. The SMILES string of the molecule is Cl.O=C(Cc1ccc(-n2cnnn2)cc1)NCC1NCCc2ccccc21. The lowest BCUT2D eigenvalue weighted by molar-refractivity contribution is -0.120. The molecule has 3 aromatic rings. The summed E-state index contributed by atoms with van der Waals surface area (Å²) in [5.74, 6) is 0.0185. The van der Waals surface area contributed by atoms with E-state index in [0.29, 0.717) is 13.0 Å². The molecule has 1 atom stereocenters. The molecule has 1 amide bonds. The van der Waals surface area contributed by atoms with Gasteiger partial charge in [0.1, 0.15) is 6.33 Å². The van der Waals surface area contributed by atoms with Crippen molar-refractivity contribution in [2.75, 3.05) is 13.1 Å². The van der Waals surface area contributed by atoms with Gasteiger partial charge in [-0.3, -0.25) is 4.79 Å². The molecule has 0 bridgehead atoms. The van der Waals surface area contributed by atoms with E-state index in [1.54, 1.807) is 4.68 Å². The number of hydrogen-bond donors (Lipinski definition) is 2. The van der Waals surface area contributed by atoms with Crippen LogP contribution in [0.15, 0.2) is 54.9 Å². The first kappa shape index (κ1) is 19.0. The maximum absolute atomic E-state index is 12.3. The van der Waals surface area contributed by atoms with Gasteiger partial charge >= 0.3 is 0 Å². The van der Waals surface area contributed by atoms with Gasteiger partial charge in [-0.25, -0.2) is 4.68 Å². The van der Waals surface area contributed by atoms with Gasteiger partial charge in [0.25, 0.3) is 0 Å². The predicted molar refractivity (Wildman–Crippen MR) is 104 cm³/mol. The van der Waals surface area contributed by atoms with Gasteiger partial charge in [-0.2, -0.15) is 0 Å². The molecular weight excluding hydrogens is 364 g/mol. The van der Waals surface area contributed by atoms with E-state index in [9.17, 15) is 4.79 Å². The third-order valence-corrected chi connectivity index (χ3v) is 4.63. The molecule has 0 fully saturated rings. The van der Waals surface area contributed by atoms with E-state index in [1.807, 2.05) is 30.3 Å². The molecule has 0 aliphatic carbocycles. The number of carbonyl (C=O) groups excluding carboxylic acids is 1. The van der Waals surface area contributed by atoms with Gasteiger partial charge in [0, 0.05) is 12.6 Å². The van der Waals surface area contributed by atoms with Gasteiger partial charge in [0.15, 0.2) is 0 Å². The first-order chi connectivity index (χ1) is 12.8. The monoisotopic (exact) mass is 384 g/mol. The maximum Gasteiger partial charge on any atom is 0.224 e. The summed E-state index contributed by atoms with van der Waals surface area (Å²) in [5, 5.41) is 17.6. The minimum absolute atomic E-state index is 0. The number of amides is 1. The zero-order valence-electron chi connectivity index (χ0n) is 14.7. The number of carbonyl (C=O) groups is 1. The van der Waals surface area contributed by atoms with Crippen molar-refractivity contribution in [1.82, 2.24) is 30.8 Å². The summed E-state index contributed by atoms with van der Waals surface area (Å²) in [6, 6.07) is 16.2. The largest absolute Gasteiger partial charge is 0.354 e. The third-order valence-electron chi connectivity index (χ3n) is 4.63. The Morgan fingerprint density at radius 1 is 1.19 bits per heavy atom. The fourth-order valence-corrected chi connectivity index (χ4v) is 3.28. The number of halogens is 1. The Kier molecular flexibility index (Phi) is 6.16. The fourth-order valence-electron chi connectivity index (χ4n) is 3.28. The molecule has 1 aromatic heterocycles. The van der Waals surface area contributed by atoms with E-state index in [2.05, 4.69) is 44.4 Å². The van der Waals surface area contributed by atoms with Crippen molar-refractivity contribution in [3.05, 3.63) is 71.5 Å². The van der Waals surface area contributed by atoms with Gasteiger partial charge in [-0.1, -0.05) is 36.4 Å². The van der Waals surface area contributed by atoms with Crippen molar-refractivity contribution in [1.29, 1.82) is 0 Å². The number of aromatic nitrogens is 4. The van der Waals surface area contributed by atoms with Crippen LogP contribution in [0.3, 0.4) is 0 Å². The predicted octanol–water partition coefficient (Wildman–Crippen LogP) is 1.63. The number of tetrazole rings is 1. The van der Waals surface area contributed by atoms with Crippen LogP contribution in [0.2, 0.25) is 0 Å². The van der Waals surface area contributed by atoms with Crippen LogP contribution < -0.4 is 10.6 Å². The van der Waals surface area contributed by atoms with Crippen LogP contribution in [-0.2, 0) is 17.6 Å². The second kappa shape index (κ2) is 8.75. The molecule has 1 unspecified atom stereocenters. The molecule has 0 saturated heterocycles. The normalized spacial score (nSPS) is 15.5. The molecule has 0 radical (unpaired) electrons. The van der Waals surface area contributed by atoms with Crippen molar-refractivity contribution < 1.29 is 4.79 Å². The third kappa shape index (κ3) is 4.50. The molecule has 1 aliphatic heterocycles. The first-order valence-electron chi connectivity index (χ1n) is 8.70. The first-order valence-corrected chi connectivity index (χ1v) is 8.70. The molecule has 2 heterocycles. The number of fused-ring (bicyclic) bond motifs is 1. The molecule has 1 aliphatic rings. The van der Waals surface area contributed by atoms with Crippen LogP contribution >= 0.6 is 12.4 Å². The van der Waals surface area contributed by atoms with Crippen molar-refractivity contribution in [3.63, 3.8) is 0 Å². The molecule has 2 N–H and O–H groups in total. The van der Waals surface area contributed by atoms with Gasteiger partial charge in [0.2, 0.25) is 5.91 Å². The summed E-state index contributed by atoms with van der Waals surface area (Å²) in [6.07, 6.45) is 2.93. The summed E-state index contributed by atoms with van der Waals surface area (Å²) in [6.45, 7) is 1.54. The molecule has 2 aromatic carbocycles. The molecule has 8 heteroatoms.